The highest BCUT2D eigenvalue weighted by molar-refractivity contribution is 7.99. The van der Waals surface area contributed by atoms with E-state index < -0.39 is 35.4 Å². The molecular formula is C12H15F3N2O3S. The highest BCUT2D eigenvalue weighted by atomic mass is 32.2. The minimum atomic E-state index is -4.55. The highest BCUT2D eigenvalue weighted by Gasteiger charge is 2.39. The van der Waals surface area contributed by atoms with Crippen molar-refractivity contribution < 1.29 is 28.1 Å². The molecule has 1 fully saturated rings. The van der Waals surface area contributed by atoms with Gasteiger partial charge in [-0.25, -0.2) is 9.97 Å². The molecule has 0 amide bonds. The quantitative estimate of drug-likeness (QED) is 0.821. The molecule has 5 nitrogen and oxygen atoms in total. The zero-order valence-corrected chi connectivity index (χ0v) is 11.9. The molecule has 0 bridgehead atoms. The third-order valence-corrected chi connectivity index (χ3v) is 4.29. The van der Waals surface area contributed by atoms with Gasteiger partial charge >= 0.3 is 6.18 Å². The standard InChI is InChI=1S/C12H15F3N2O3S/c1-2-6-9(18)10(19)7(5-20-6)21-11-16-4-3-8(17-11)12(13,14)15/h3-4,6-7,9-10,18-19H,2,5H2,1H3/t6-,7+,9+,10-/m1/s1. The molecule has 1 aromatic heterocycles. The largest absolute Gasteiger partial charge is 0.433 e. The molecule has 1 aromatic rings. The van der Waals surface area contributed by atoms with Crippen LogP contribution in [0.3, 0.4) is 0 Å². The average Bonchev–Trinajstić information content (AvgIpc) is 2.44. The van der Waals surface area contributed by atoms with Gasteiger partial charge in [-0.15, -0.1) is 0 Å². The minimum Gasteiger partial charge on any atom is -0.389 e. The first-order valence-electron chi connectivity index (χ1n) is 6.37. The number of hydrogen-bond donors (Lipinski definition) is 2. The van der Waals surface area contributed by atoms with E-state index in [-0.39, 0.29) is 11.8 Å². The van der Waals surface area contributed by atoms with Crippen molar-refractivity contribution in [2.24, 2.45) is 0 Å². The fourth-order valence-corrected chi connectivity index (χ4v) is 3.00. The van der Waals surface area contributed by atoms with Crippen molar-refractivity contribution in [1.29, 1.82) is 0 Å². The van der Waals surface area contributed by atoms with Crippen LogP contribution in [0.1, 0.15) is 19.0 Å². The van der Waals surface area contributed by atoms with Crippen LogP contribution in [0.4, 0.5) is 13.2 Å². The summed E-state index contributed by atoms with van der Waals surface area (Å²) in [6.45, 7) is 1.92. The Morgan fingerprint density at radius 3 is 2.71 bits per heavy atom. The van der Waals surface area contributed by atoms with E-state index in [0.29, 0.717) is 6.42 Å². The van der Waals surface area contributed by atoms with Crippen molar-refractivity contribution in [3.05, 3.63) is 18.0 Å². The van der Waals surface area contributed by atoms with Crippen LogP contribution in [-0.4, -0.2) is 50.3 Å². The summed E-state index contributed by atoms with van der Waals surface area (Å²) >= 11 is 0.862. The number of hydrogen-bond acceptors (Lipinski definition) is 6. The van der Waals surface area contributed by atoms with Gasteiger partial charge < -0.3 is 14.9 Å². The molecule has 9 heteroatoms. The van der Waals surface area contributed by atoms with E-state index in [1.807, 2.05) is 6.92 Å². The minimum absolute atomic E-state index is 0.111. The van der Waals surface area contributed by atoms with E-state index >= 15 is 0 Å². The van der Waals surface area contributed by atoms with Crippen molar-refractivity contribution in [1.82, 2.24) is 9.97 Å². The van der Waals surface area contributed by atoms with E-state index in [2.05, 4.69) is 9.97 Å². The monoisotopic (exact) mass is 324 g/mol. The van der Waals surface area contributed by atoms with Crippen molar-refractivity contribution in [2.45, 2.75) is 48.2 Å². The predicted molar refractivity (Wildman–Crippen MR) is 68.7 cm³/mol. The van der Waals surface area contributed by atoms with Crippen molar-refractivity contribution in [2.75, 3.05) is 6.61 Å². The van der Waals surface area contributed by atoms with E-state index in [1.54, 1.807) is 0 Å². The summed E-state index contributed by atoms with van der Waals surface area (Å²) in [6.07, 6.45) is -5.65. The summed E-state index contributed by atoms with van der Waals surface area (Å²) in [5.74, 6) is 0. The van der Waals surface area contributed by atoms with Crippen molar-refractivity contribution in [3.63, 3.8) is 0 Å². The third-order valence-electron chi connectivity index (χ3n) is 3.17. The average molecular weight is 324 g/mol. The van der Waals surface area contributed by atoms with Gasteiger partial charge in [-0.1, -0.05) is 18.7 Å². The Morgan fingerprint density at radius 2 is 2.10 bits per heavy atom. The first-order valence-corrected chi connectivity index (χ1v) is 7.25. The van der Waals surface area contributed by atoms with Gasteiger partial charge in [0.2, 0.25) is 0 Å². The molecule has 21 heavy (non-hydrogen) atoms. The number of alkyl halides is 3. The number of halogens is 3. The van der Waals surface area contributed by atoms with Crippen LogP contribution < -0.4 is 0 Å². The Kier molecular flexibility index (Phi) is 5.07. The zero-order chi connectivity index (χ0) is 15.6. The Labute approximate surface area is 123 Å². The number of aliphatic hydroxyl groups is 2. The van der Waals surface area contributed by atoms with Gasteiger partial charge in [-0.3, -0.25) is 0 Å². The summed E-state index contributed by atoms with van der Waals surface area (Å²) in [7, 11) is 0. The molecule has 4 atom stereocenters. The van der Waals surface area contributed by atoms with Gasteiger partial charge in [-0.05, 0) is 12.5 Å². The van der Waals surface area contributed by atoms with Crippen LogP contribution in [0, 0.1) is 0 Å². The van der Waals surface area contributed by atoms with Crippen LogP contribution in [-0.2, 0) is 10.9 Å². The molecule has 2 N–H and O–H groups in total. The highest BCUT2D eigenvalue weighted by Crippen LogP contribution is 2.32. The lowest BCUT2D eigenvalue weighted by atomic mass is 10.0. The second kappa shape index (κ2) is 6.47. The fraction of sp³-hybridized carbons (Fsp3) is 0.667. The topological polar surface area (TPSA) is 75.5 Å². The number of aliphatic hydroxyl groups excluding tert-OH is 2. The maximum atomic E-state index is 12.6. The zero-order valence-electron chi connectivity index (χ0n) is 11.1. The number of aromatic nitrogens is 2. The Morgan fingerprint density at radius 1 is 1.38 bits per heavy atom. The fourth-order valence-electron chi connectivity index (χ4n) is 2.01. The van der Waals surface area contributed by atoms with Crippen LogP contribution in [0.25, 0.3) is 0 Å². The second-order valence-electron chi connectivity index (χ2n) is 4.64. The number of nitrogens with zero attached hydrogens (tertiary/aromatic N) is 2. The van der Waals surface area contributed by atoms with Gasteiger partial charge in [-0.2, -0.15) is 13.2 Å². The lowest BCUT2D eigenvalue weighted by Crippen LogP contribution is -2.51. The molecule has 0 radical (unpaired) electrons. The smallest absolute Gasteiger partial charge is 0.389 e. The lowest BCUT2D eigenvalue weighted by Gasteiger charge is -2.36. The number of thioether (sulfide) groups is 1. The summed E-state index contributed by atoms with van der Waals surface area (Å²) in [4.78, 5) is 7.16. The molecule has 0 aliphatic carbocycles. The number of ether oxygens (including phenoxy) is 1. The second-order valence-corrected chi connectivity index (χ2v) is 5.85. The third kappa shape index (κ3) is 3.85. The maximum absolute atomic E-state index is 12.6. The summed E-state index contributed by atoms with van der Waals surface area (Å²) in [6, 6.07) is 0.778. The Balaban J connectivity index is 2.08. The molecule has 1 aliphatic heterocycles. The first-order chi connectivity index (χ1) is 9.82. The molecule has 2 rings (SSSR count). The van der Waals surface area contributed by atoms with Gasteiger partial charge in [0, 0.05) is 6.20 Å². The van der Waals surface area contributed by atoms with E-state index in [1.165, 1.54) is 0 Å². The van der Waals surface area contributed by atoms with Crippen molar-refractivity contribution >= 4 is 11.8 Å². The molecule has 0 aromatic carbocycles. The first kappa shape index (κ1) is 16.5. The Bertz CT molecular complexity index is 489. The summed E-state index contributed by atoms with van der Waals surface area (Å²) < 4.78 is 43.1. The van der Waals surface area contributed by atoms with Crippen LogP contribution >= 0.6 is 11.8 Å². The van der Waals surface area contributed by atoms with Crippen molar-refractivity contribution in [3.8, 4) is 0 Å². The van der Waals surface area contributed by atoms with E-state index in [0.717, 1.165) is 24.0 Å². The summed E-state index contributed by atoms with van der Waals surface area (Å²) in [5.41, 5.74) is -1.04. The molecule has 118 valence electrons. The normalized spacial score (nSPS) is 30.4. The molecule has 0 saturated carbocycles. The molecular weight excluding hydrogens is 309 g/mol. The predicted octanol–water partition coefficient (Wildman–Crippen LogP) is 1.49. The van der Waals surface area contributed by atoms with Crippen LogP contribution in [0.2, 0.25) is 0 Å². The summed E-state index contributed by atoms with van der Waals surface area (Å²) in [5, 5.41) is 19.1. The SMILES string of the molecule is CC[C@H]1OC[C@H](Sc2nccc(C(F)(F)F)n2)[C@@H](O)[C@H]1O. The lowest BCUT2D eigenvalue weighted by molar-refractivity contribution is -0.141. The van der Waals surface area contributed by atoms with Crippen LogP contribution in [0.5, 0.6) is 0 Å². The number of rotatable bonds is 3. The van der Waals surface area contributed by atoms with Gasteiger partial charge in [0.25, 0.3) is 0 Å². The van der Waals surface area contributed by atoms with E-state index in [9.17, 15) is 23.4 Å². The Hall–Kier alpha value is -0.900. The van der Waals surface area contributed by atoms with Gasteiger partial charge in [0.05, 0.1) is 24.1 Å². The molecule has 0 spiro atoms. The van der Waals surface area contributed by atoms with Gasteiger partial charge in [0.15, 0.2) is 5.16 Å². The molecule has 1 saturated heterocycles. The van der Waals surface area contributed by atoms with Gasteiger partial charge in [0.1, 0.15) is 11.8 Å². The molecule has 1 aliphatic rings. The van der Waals surface area contributed by atoms with Crippen LogP contribution in [0.15, 0.2) is 17.4 Å². The maximum Gasteiger partial charge on any atom is 0.433 e. The van der Waals surface area contributed by atoms with E-state index in [4.69, 9.17) is 4.74 Å². The molecule has 2 heterocycles. The molecule has 0 unspecified atom stereocenters.